The SMILES string of the molecule is CC(Oc1ccccc1C#N)C(=O)N[C@H](C(=O)O)[C@@H](C)O. The van der Waals surface area contributed by atoms with E-state index in [-0.39, 0.29) is 11.3 Å². The fourth-order valence-corrected chi connectivity index (χ4v) is 1.57. The smallest absolute Gasteiger partial charge is 0.328 e. The van der Waals surface area contributed by atoms with E-state index in [2.05, 4.69) is 5.32 Å². The van der Waals surface area contributed by atoms with Gasteiger partial charge in [0.15, 0.2) is 12.1 Å². The van der Waals surface area contributed by atoms with Crippen LogP contribution in [0.4, 0.5) is 0 Å². The van der Waals surface area contributed by atoms with Gasteiger partial charge >= 0.3 is 5.97 Å². The van der Waals surface area contributed by atoms with Crippen molar-refractivity contribution >= 4 is 11.9 Å². The standard InChI is InChI=1S/C14H16N2O5/c1-8(17)12(14(19)20)16-13(18)9(2)21-11-6-4-3-5-10(11)7-15/h3-6,8-9,12,17H,1-2H3,(H,16,18)(H,19,20)/t8-,9?,12+/m1/s1. The molecule has 0 aliphatic carbocycles. The van der Waals surface area contributed by atoms with Gasteiger partial charge < -0.3 is 20.3 Å². The summed E-state index contributed by atoms with van der Waals surface area (Å²) in [6.45, 7) is 2.68. The Balaban J connectivity index is 2.75. The van der Waals surface area contributed by atoms with E-state index in [4.69, 9.17) is 15.1 Å². The van der Waals surface area contributed by atoms with Crippen LogP contribution in [0.25, 0.3) is 0 Å². The van der Waals surface area contributed by atoms with Crippen molar-refractivity contribution < 1.29 is 24.5 Å². The van der Waals surface area contributed by atoms with Gasteiger partial charge in [-0.1, -0.05) is 12.1 Å². The molecule has 21 heavy (non-hydrogen) atoms. The summed E-state index contributed by atoms with van der Waals surface area (Å²) in [5.41, 5.74) is 0.266. The van der Waals surface area contributed by atoms with Gasteiger partial charge in [-0.3, -0.25) is 4.79 Å². The number of rotatable bonds is 6. The van der Waals surface area contributed by atoms with Gasteiger partial charge in [-0.15, -0.1) is 0 Å². The number of nitriles is 1. The molecule has 0 fully saturated rings. The number of carboxylic acids is 1. The van der Waals surface area contributed by atoms with E-state index in [1.165, 1.54) is 26.0 Å². The van der Waals surface area contributed by atoms with Crippen LogP contribution in [0.1, 0.15) is 19.4 Å². The van der Waals surface area contributed by atoms with Crippen molar-refractivity contribution in [2.45, 2.75) is 32.1 Å². The number of nitrogens with zero attached hydrogens (tertiary/aromatic N) is 1. The van der Waals surface area contributed by atoms with Crippen LogP contribution in [0.3, 0.4) is 0 Å². The molecule has 1 aromatic rings. The minimum Gasteiger partial charge on any atom is -0.480 e. The van der Waals surface area contributed by atoms with Crippen LogP contribution in [-0.4, -0.2) is 40.3 Å². The molecule has 1 aromatic carbocycles. The fraction of sp³-hybridized carbons (Fsp3) is 0.357. The number of para-hydroxylation sites is 1. The number of ether oxygens (including phenoxy) is 1. The summed E-state index contributed by atoms with van der Waals surface area (Å²) in [4.78, 5) is 22.8. The number of aliphatic hydroxyl groups excluding tert-OH is 1. The van der Waals surface area contributed by atoms with Crippen molar-refractivity contribution in [3.63, 3.8) is 0 Å². The number of carbonyl (C=O) groups is 2. The molecule has 1 amide bonds. The first-order valence-electron chi connectivity index (χ1n) is 6.23. The van der Waals surface area contributed by atoms with E-state index in [0.717, 1.165) is 0 Å². The highest BCUT2D eigenvalue weighted by atomic mass is 16.5. The van der Waals surface area contributed by atoms with Crippen LogP contribution in [0.15, 0.2) is 24.3 Å². The second kappa shape index (κ2) is 7.26. The third kappa shape index (κ3) is 4.47. The molecule has 3 N–H and O–H groups in total. The largest absolute Gasteiger partial charge is 0.480 e. The van der Waals surface area contributed by atoms with Crippen LogP contribution in [0.2, 0.25) is 0 Å². The number of nitrogens with one attached hydrogen (secondary N) is 1. The molecule has 0 spiro atoms. The van der Waals surface area contributed by atoms with Gasteiger partial charge in [0.05, 0.1) is 11.7 Å². The molecule has 0 aromatic heterocycles. The average Bonchev–Trinajstić information content (AvgIpc) is 2.44. The van der Waals surface area contributed by atoms with Crippen molar-refractivity contribution in [2.75, 3.05) is 0 Å². The predicted molar refractivity (Wildman–Crippen MR) is 72.5 cm³/mol. The number of carboxylic acid groups (broad SMARTS) is 1. The van der Waals surface area contributed by atoms with E-state index in [9.17, 15) is 14.7 Å². The lowest BCUT2D eigenvalue weighted by atomic mass is 10.1. The van der Waals surface area contributed by atoms with Gasteiger partial charge in [0.2, 0.25) is 0 Å². The first-order chi connectivity index (χ1) is 9.86. The van der Waals surface area contributed by atoms with Crippen molar-refractivity contribution in [1.82, 2.24) is 5.32 Å². The molecular weight excluding hydrogens is 276 g/mol. The van der Waals surface area contributed by atoms with E-state index < -0.39 is 30.1 Å². The highest BCUT2D eigenvalue weighted by Gasteiger charge is 2.27. The molecule has 0 saturated carbocycles. The molecule has 0 aliphatic heterocycles. The second-order valence-electron chi connectivity index (χ2n) is 4.43. The van der Waals surface area contributed by atoms with E-state index in [1.807, 2.05) is 6.07 Å². The molecule has 0 heterocycles. The molecular formula is C14H16N2O5. The summed E-state index contributed by atoms with van der Waals surface area (Å²) in [5, 5.41) is 29.3. The summed E-state index contributed by atoms with van der Waals surface area (Å²) in [6, 6.07) is 6.88. The molecule has 7 heteroatoms. The Kier molecular flexibility index (Phi) is 5.69. The maximum Gasteiger partial charge on any atom is 0.328 e. The zero-order chi connectivity index (χ0) is 16.0. The zero-order valence-corrected chi connectivity index (χ0v) is 11.6. The van der Waals surface area contributed by atoms with Crippen LogP contribution in [-0.2, 0) is 9.59 Å². The van der Waals surface area contributed by atoms with Gasteiger partial charge in [0.25, 0.3) is 5.91 Å². The number of amides is 1. The maximum atomic E-state index is 11.9. The van der Waals surface area contributed by atoms with Crippen molar-refractivity contribution in [3.8, 4) is 11.8 Å². The summed E-state index contributed by atoms with van der Waals surface area (Å²) < 4.78 is 5.35. The van der Waals surface area contributed by atoms with Crippen molar-refractivity contribution in [3.05, 3.63) is 29.8 Å². The Morgan fingerprint density at radius 1 is 1.33 bits per heavy atom. The maximum absolute atomic E-state index is 11.9. The van der Waals surface area contributed by atoms with Gasteiger partial charge in [-0.05, 0) is 26.0 Å². The lowest BCUT2D eigenvalue weighted by Crippen LogP contribution is -2.51. The highest BCUT2D eigenvalue weighted by molar-refractivity contribution is 5.86. The topological polar surface area (TPSA) is 120 Å². The number of hydrogen-bond donors (Lipinski definition) is 3. The highest BCUT2D eigenvalue weighted by Crippen LogP contribution is 2.18. The molecule has 3 atom stereocenters. The normalized spacial score (nSPS) is 14.4. The Morgan fingerprint density at radius 3 is 2.48 bits per heavy atom. The molecule has 0 saturated heterocycles. The van der Waals surface area contributed by atoms with Gasteiger partial charge in [0.1, 0.15) is 11.8 Å². The Hall–Kier alpha value is -2.59. The quantitative estimate of drug-likeness (QED) is 0.692. The number of carbonyl (C=O) groups excluding carboxylic acids is 1. The van der Waals surface area contributed by atoms with E-state index in [0.29, 0.717) is 0 Å². The molecule has 1 rings (SSSR count). The second-order valence-corrected chi connectivity index (χ2v) is 4.43. The third-order valence-electron chi connectivity index (χ3n) is 2.73. The summed E-state index contributed by atoms with van der Waals surface area (Å²) in [7, 11) is 0. The van der Waals surface area contributed by atoms with E-state index in [1.54, 1.807) is 12.1 Å². The van der Waals surface area contributed by atoms with Gasteiger partial charge in [-0.25, -0.2) is 4.79 Å². The predicted octanol–water partition coefficient (Wildman–Crippen LogP) is 0.276. The first-order valence-corrected chi connectivity index (χ1v) is 6.23. The van der Waals surface area contributed by atoms with Gasteiger partial charge in [-0.2, -0.15) is 5.26 Å². The minimum atomic E-state index is -1.42. The summed E-state index contributed by atoms with van der Waals surface area (Å²) >= 11 is 0. The van der Waals surface area contributed by atoms with Gasteiger partial charge in [0, 0.05) is 0 Å². The lowest BCUT2D eigenvalue weighted by molar-refractivity contribution is -0.145. The Morgan fingerprint density at radius 2 is 1.95 bits per heavy atom. The minimum absolute atomic E-state index is 0.228. The number of aliphatic hydroxyl groups is 1. The Bertz CT molecular complexity index is 565. The van der Waals surface area contributed by atoms with Crippen LogP contribution in [0, 0.1) is 11.3 Å². The van der Waals surface area contributed by atoms with E-state index >= 15 is 0 Å². The van der Waals surface area contributed by atoms with Crippen molar-refractivity contribution in [1.29, 1.82) is 5.26 Å². The molecule has 0 radical (unpaired) electrons. The zero-order valence-electron chi connectivity index (χ0n) is 11.6. The third-order valence-corrected chi connectivity index (χ3v) is 2.73. The average molecular weight is 292 g/mol. The fourth-order valence-electron chi connectivity index (χ4n) is 1.57. The van der Waals surface area contributed by atoms with Crippen LogP contribution < -0.4 is 10.1 Å². The number of hydrogen-bond acceptors (Lipinski definition) is 5. The first kappa shape index (κ1) is 16.5. The monoisotopic (exact) mass is 292 g/mol. The summed E-state index contributed by atoms with van der Waals surface area (Å²) in [6.07, 6.45) is -2.26. The Labute approximate surface area is 121 Å². The lowest BCUT2D eigenvalue weighted by Gasteiger charge is -2.20. The molecule has 112 valence electrons. The molecule has 0 aliphatic rings. The molecule has 1 unspecified atom stereocenters. The number of aliphatic carboxylic acids is 1. The number of benzene rings is 1. The van der Waals surface area contributed by atoms with Crippen LogP contribution in [0.5, 0.6) is 5.75 Å². The molecule has 7 nitrogen and oxygen atoms in total. The van der Waals surface area contributed by atoms with Crippen LogP contribution >= 0.6 is 0 Å². The molecule has 0 bridgehead atoms. The summed E-state index contributed by atoms with van der Waals surface area (Å²) in [5.74, 6) is -1.81. The van der Waals surface area contributed by atoms with Crippen molar-refractivity contribution in [2.24, 2.45) is 0 Å².